The average Bonchev–Trinajstić information content (AvgIpc) is 2.96. The zero-order chi connectivity index (χ0) is 18.8. The lowest BCUT2D eigenvalue weighted by Crippen LogP contribution is -2.44. The summed E-state index contributed by atoms with van der Waals surface area (Å²) in [6.07, 6.45) is 6.73. The number of amides is 2. The van der Waals surface area contributed by atoms with Crippen molar-refractivity contribution < 1.29 is 14.3 Å². The third kappa shape index (κ3) is 3.62. The zero-order valence-corrected chi connectivity index (χ0v) is 15.5. The minimum Gasteiger partial charge on any atom is -0.488 e. The molecule has 0 bridgehead atoms. The minimum atomic E-state index is -0.427. The quantitative estimate of drug-likeness (QED) is 0.636. The number of nitrogens with one attached hydrogen (secondary N) is 1. The third-order valence-corrected chi connectivity index (χ3v) is 5.22. The summed E-state index contributed by atoms with van der Waals surface area (Å²) in [7, 11) is 0. The van der Waals surface area contributed by atoms with Crippen LogP contribution in [-0.2, 0) is 4.79 Å². The van der Waals surface area contributed by atoms with Gasteiger partial charge >= 0.3 is 0 Å². The van der Waals surface area contributed by atoms with E-state index in [0.29, 0.717) is 17.1 Å². The standard InChI is InChI=1S/C19H13N3O3S2/c23-17(13-5-7-20-8-6-13)21-22-18(24)16(27-19(22)26)10-12-9-14-3-1-2-4-15(14)25-11-12/h1-10H,11H2,(H,21,23)/b16-10+. The van der Waals surface area contributed by atoms with E-state index in [-0.39, 0.29) is 10.2 Å². The predicted molar refractivity (Wildman–Crippen MR) is 107 cm³/mol. The fraction of sp³-hybridized carbons (Fsp3) is 0.0526. The predicted octanol–water partition coefficient (Wildman–Crippen LogP) is 2.95. The van der Waals surface area contributed by atoms with Crippen LogP contribution in [0.2, 0.25) is 0 Å². The topological polar surface area (TPSA) is 71.5 Å². The van der Waals surface area contributed by atoms with Gasteiger partial charge in [-0.1, -0.05) is 30.0 Å². The summed E-state index contributed by atoms with van der Waals surface area (Å²) < 4.78 is 5.97. The maximum Gasteiger partial charge on any atom is 0.285 e. The van der Waals surface area contributed by atoms with Crippen LogP contribution in [0.25, 0.3) is 6.08 Å². The molecule has 1 aromatic heterocycles. The Morgan fingerprint density at radius 2 is 2.04 bits per heavy atom. The molecule has 4 rings (SSSR count). The molecule has 134 valence electrons. The molecule has 1 aromatic carbocycles. The molecular weight excluding hydrogens is 382 g/mol. The lowest BCUT2D eigenvalue weighted by atomic mass is 10.1. The number of fused-ring (bicyclic) bond motifs is 1. The highest BCUT2D eigenvalue weighted by molar-refractivity contribution is 8.26. The monoisotopic (exact) mass is 395 g/mol. The van der Waals surface area contributed by atoms with Crippen molar-refractivity contribution in [1.29, 1.82) is 0 Å². The van der Waals surface area contributed by atoms with Crippen LogP contribution in [0.3, 0.4) is 0 Å². The van der Waals surface area contributed by atoms with E-state index in [9.17, 15) is 9.59 Å². The summed E-state index contributed by atoms with van der Waals surface area (Å²) in [6, 6.07) is 10.8. The number of ether oxygens (including phenoxy) is 1. The number of hydrogen-bond acceptors (Lipinski definition) is 6. The van der Waals surface area contributed by atoms with Gasteiger partial charge in [0.25, 0.3) is 11.8 Å². The molecule has 8 heteroatoms. The van der Waals surface area contributed by atoms with Crippen LogP contribution < -0.4 is 10.2 Å². The Labute approximate surface area is 164 Å². The van der Waals surface area contributed by atoms with Gasteiger partial charge < -0.3 is 4.74 Å². The summed E-state index contributed by atoms with van der Waals surface area (Å²) in [5.74, 6) is 0.0167. The number of para-hydroxylation sites is 1. The number of hydrazine groups is 1. The van der Waals surface area contributed by atoms with Crippen LogP contribution in [0.4, 0.5) is 0 Å². The van der Waals surface area contributed by atoms with Crippen LogP contribution in [0, 0.1) is 0 Å². The second-order valence-corrected chi connectivity index (χ2v) is 7.42. The average molecular weight is 395 g/mol. The summed E-state index contributed by atoms with van der Waals surface area (Å²) in [6.45, 7) is 0.366. The molecule has 0 spiro atoms. The first kappa shape index (κ1) is 17.4. The molecule has 6 nitrogen and oxygen atoms in total. The van der Waals surface area contributed by atoms with Gasteiger partial charge in [0, 0.05) is 23.5 Å². The second-order valence-electron chi connectivity index (χ2n) is 5.74. The number of thiocarbonyl (C=S) groups is 1. The molecule has 0 saturated carbocycles. The number of rotatable bonds is 3. The van der Waals surface area contributed by atoms with E-state index in [2.05, 4.69) is 10.4 Å². The number of carbonyl (C=O) groups excluding carboxylic acids is 2. The lowest BCUT2D eigenvalue weighted by Gasteiger charge is -2.16. The molecule has 1 saturated heterocycles. The molecule has 1 fully saturated rings. The SMILES string of the molecule is O=C(NN1C(=O)/C(=C\C2=Cc3ccccc3OC2)SC1=S)c1ccncc1. The molecule has 0 aliphatic carbocycles. The largest absolute Gasteiger partial charge is 0.488 e. The first-order valence-electron chi connectivity index (χ1n) is 8.03. The molecule has 0 radical (unpaired) electrons. The Morgan fingerprint density at radius 1 is 1.26 bits per heavy atom. The van der Waals surface area contributed by atoms with Crippen molar-refractivity contribution in [2.75, 3.05) is 6.61 Å². The molecular formula is C19H13N3O3S2. The maximum atomic E-state index is 12.7. The normalized spacial score (nSPS) is 17.4. The van der Waals surface area contributed by atoms with Crippen molar-refractivity contribution in [2.45, 2.75) is 0 Å². The van der Waals surface area contributed by atoms with E-state index in [1.807, 2.05) is 30.3 Å². The second kappa shape index (κ2) is 7.34. The number of nitrogens with zero attached hydrogens (tertiary/aromatic N) is 2. The van der Waals surface area contributed by atoms with Gasteiger partial charge in [-0.05, 0) is 48.1 Å². The first-order chi connectivity index (χ1) is 13.1. The molecule has 3 heterocycles. The van der Waals surface area contributed by atoms with Gasteiger partial charge in [0.15, 0.2) is 4.32 Å². The number of carbonyl (C=O) groups is 2. The fourth-order valence-corrected chi connectivity index (χ4v) is 3.81. The maximum absolute atomic E-state index is 12.7. The van der Waals surface area contributed by atoms with Crippen LogP contribution in [0.5, 0.6) is 5.75 Å². The zero-order valence-electron chi connectivity index (χ0n) is 13.9. The Hall–Kier alpha value is -2.97. The highest BCUT2D eigenvalue weighted by Crippen LogP contribution is 2.33. The third-order valence-electron chi connectivity index (χ3n) is 3.92. The molecule has 2 aromatic rings. The molecule has 2 amide bonds. The number of thioether (sulfide) groups is 1. The highest BCUT2D eigenvalue weighted by Gasteiger charge is 2.34. The molecule has 2 aliphatic heterocycles. The molecule has 27 heavy (non-hydrogen) atoms. The molecule has 1 N–H and O–H groups in total. The Balaban J connectivity index is 1.52. The van der Waals surface area contributed by atoms with E-state index >= 15 is 0 Å². The van der Waals surface area contributed by atoms with Gasteiger partial charge in [0.2, 0.25) is 0 Å². The number of hydrogen-bond donors (Lipinski definition) is 1. The van der Waals surface area contributed by atoms with Crippen molar-refractivity contribution >= 4 is 46.2 Å². The van der Waals surface area contributed by atoms with Crippen molar-refractivity contribution in [3.8, 4) is 5.75 Å². The Kier molecular flexibility index (Phi) is 4.74. The van der Waals surface area contributed by atoms with E-state index < -0.39 is 5.91 Å². The van der Waals surface area contributed by atoms with Crippen molar-refractivity contribution in [3.63, 3.8) is 0 Å². The Bertz CT molecular complexity index is 1000. The van der Waals surface area contributed by atoms with Gasteiger partial charge in [0.1, 0.15) is 12.4 Å². The fourth-order valence-electron chi connectivity index (χ4n) is 2.62. The summed E-state index contributed by atoms with van der Waals surface area (Å²) >= 11 is 6.38. The molecule has 0 unspecified atom stereocenters. The number of pyridine rings is 1. The van der Waals surface area contributed by atoms with Crippen molar-refractivity contribution in [1.82, 2.24) is 15.4 Å². The van der Waals surface area contributed by atoms with Crippen LogP contribution >= 0.6 is 24.0 Å². The Morgan fingerprint density at radius 3 is 2.85 bits per heavy atom. The summed E-state index contributed by atoms with van der Waals surface area (Å²) in [5, 5.41) is 1.09. The molecule has 2 aliphatic rings. The van der Waals surface area contributed by atoms with E-state index in [4.69, 9.17) is 17.0 Å². The van der Waals surface area contributed by atoms with Crippen molar-refractivity contribution in [2.24, 2.45) is 0 Å². The van der Waals surface area contributed by atoms with Gasteiger partial charge in [-0.3, -0.25) is 20.0 Å². The van der Waals surface area contributed by atoms with Crippen molar-refractivity contribution in [3.05, 3.63) is 76.5 Å². The first-order valence-corrected chi connectivity index (χ1v) is 9.26. The summed E-state index contributed by atoms with van der Waals surface area (Å²) in [5.41, 5.74) is 4.74. The number of aromatic nitrogens is 1. The van der Waals surface area contributed by atoms with E-state index in [1.54, 1.807) is 18.2 Å². The minimum absolute atomic E-state index is 0.270. The van der Waals surface area contributed by atoms with Crippen LogP contribution in [0.1, 0.15) is 15.9 Å². The molecule has 0 atom stereocenters. The number of benzene rings is 1. The lowest BCUT2D eigenvalue weighted by molar-refractivity contribution is -0.123. The smallest absolute Gasteiger partial charge is 0.285 e. The summed E-state index contributed by atoms with van der Waals surface area (Å²) in [4.78, 5) is 29.2. The highest BCUT2D eigenvalue weighted by atomic mass is 32.2. The van der Waals surface area contributed by atoms with E-state index in [0.717, 1.165) is 33.7 Å². The van der Waals surface area contributed by atoms with Gasteiger partial charge in [0.05, 0.1) is 4.91 Å². The van der Waals surface area contributed by atoms with Gasteiger partial charge in [-0.25, -0.2) is 0 Å². The van der Waals surface area contributed by atoms with E-state index in [1.165, 1.54) is 12.4 Å². The van der Waals surface area contributed by atoms with Crippen LogP contribution in [-0.4, -0.2) is 32.7 Å². The van der Waals surface area contributed by atoms with Gasteiger partial charge in [-0.2, -0.15) is 5.01 Å². The van der Waals surface area contributed by atoms with Gasteiger partial charge in [-0.15, -0.1) is 0 Å². The van der Waals surface area contributed by atoms with Crippen LogP contribution in [0.15, 0.2) is 65.3 Å².